The maximum atomic E-state index is 13.0. The highest BCUT2D eigenvalue weighted by Crippen LogP contribution is 2.31. The van der Waals surface area contributed by atoms with E-state index in [0.29, 0.717) is 17.9 Å². The molecule has 0 saturated carbocycles. The Kier molecular flexibility index (Phi) is 7.53. The Morgan fingerprint density at radius 1 is 0.895 bits per heavy atom. The smallest absolute Gasteiger partial charge is 0.416 e. The van der Waals surface area contributed by atoms with E-state index in [9.17, 15) is 13.2 Å². The minimum atomic E-state index is -4.36. The van der Waals surface area contributed by atoms with Crippen LogP contribution < -0.4 is 15.4 Å². The van der Waals surface area contributed by atoms with Gasteiger partial charge in [-0.05, 0) is 74.8 Å². The number of hydrogen-bond donors (Lipinski definition) is 3. The van der Waals surface area contributed by atoms with Crippen molar-refractivity contribution in [2.24, 2.45) is 0 Å². The van der Waals surface area contributed by atoms with Crippen LogP contribution in [-0.4, -0.2) is 28.6 Å². The summed E-state index contributed by atoms with van der Waals surface area (Å²) >= 11 is 0. The number of piperidine rings is 1. The van der Waals surface area contributed by atoms with Crippen LogP contribution in [0.2, 0.25) is 0 Å². The lowest BCUT2D eigenvalue weighted by molar-refractivity contribution is -0.137. The van der Waals surface area contributed by atoms with Crippen molar-refractivity contribution in [2.45, 2.75) is 44.4 Å². The molecule has 0 bridgehead atoms. The van der Waals surface area contributed by atoms with E-state index in [1.807, 2.05) is 49.4 Å². The van der Waals surface area contributed by atoms with Crippen molar-refractivity contribution in [3.05, 3.63) is 101 Å². The molecule has 0 radical (unpaired) electrons. The van der Waals surface area contributed by atoms with E-state index in [2.05, 4.69) is 27.8 Å². The van der Waals surface area contributed by atoms with Gasteiger partial charge in [0.15, 0.2) is 0 Å². The maximum Gasteiger partial charge on any atom is 0.416 e. The van der Waals surface area contributed by atoms with Gasteiger partial charge in [-0.25, -0.2) is 4.98 Å². The summed E-state index contributed by atoms with van der Waals surface area (Å²) in [5.74, 6) is 2.18. The second-order valence-corrected chi connectivity index (χ2v) is 9.85. The number of H-pyrrole nitrogens is 1. The van der Waals surface area contributed by atoms with Crippen molar-refractivity contribution < 1.29 is 17.9 Å². The maximum absolute atomic E-state index is 13.0. The molecule has 4 aromatic rings. The van der Waals surface area contributed by atoms with Crippen LogP contribution in [0.5, 0.6) is 11.5 Å². The van der Waals surface area contributed by atoms with E-state index >= 15 is 0 Å². The van der Waals surface area contributed by atoms with Gasteiger partial charge in [-0.2, -0.15) is 13.2 Å². The molecule has 0 unspecified atom stereocenters. The Balaban J connectivity index is 1.27. The molecule has 8 heteroatoms. The molecule has 1 aromatic heterocycles. The molecular formula is C30H31F3N4O. The predicted molar refractivity (Wildman–Crippen MR) is 142 cm³/mol. The Morgan fingerprint density at radius 2 is 1.55 bits per heavy atom. The number of imidazole rings is 1. The summed E-state index contributed by atoms with van der Waals surface area (Å²) < 4.78 is 44.8. The zero-order chi connectivity index (χ0) is 26.6. The first kappa shape index (κ1) is 26.0. The highest BCUT2D eigenvalue weighted by molar-refractivity contribution is 5.56. The minimum absolute atomic E-state index is 0.137. The molecule has 1 saturated heterocycles. The number of hydrogen-bond acceptors (Lipinski definition) is 4. The van der Waals surface area contributed by atoms with Crippen molar-refractivity contribution in [3.8, 4) is 22.9 Å². The zero-order valence-corrected chi connectivity index (χ0v) is 21.2. The number of halogens is 3. The van der Waals surface area contributed by atoms with Gasteiger partial charge in [0.2, 0.25) is 0 Å². The third-order valence-corrected chi connectivity index (χ3v) is 7.11. The summed E-state index contributed by atoms with van der Waals surface area (Å²) in [5, 5.41) is 7.25. The number of para-hydroxylation sites is 1. The second kappa shape index (κ2) is 11.0. The molecule has 0 aliphatic carbocycles. The number of aryl methyl sites for hydroxylation is 1. The monoisotopic (exact) mass is 520 g/mol. The van der Waals surface area contributed by atoms with Crippen molar-refractivity contribution in [3.63, 3.8) is 0 Å². The molecule has 2 heterocycles. The summed E-state index contributed by atoms with van der Waals surface area (Å²) in [5.41, 5.74) is 2.86. The van der Waals surface area contributed by atoms with Gasteiger partial charge in [0, 0.05) is 29.8 Å². The number of rotatable bonds is 8. The van der Waals surface area contributed by atoms with E-state index in [-0.39, 0.29) is 5.54 Å². The van der Waals surface area contributed by atoms with Crippen LogP contribution in [0.25, 0.3) is 11.4 Å². The molecule has 3 N–H and O–H groups in total. The van der Waals surface area contributed by atoms with Crippen LogP contribution in [-0.2, 0) is 19.1 Å². The van der Waals surface area contributed by atoms with Gasteiger partial charge >= 0.3 is 6.18 Å². The molecule has 0 spiro atoms. The van der Waals surface area contributed by atoms with Crippen LogP contribution in [0, 0.1) is 6.92 Å². The topological polar surface area (TPSA) is 62.0 Å². The Labute approximate surface area is 220 Å². The summed E-state index contributed by atoms with van der Waals surface area (Å²) in [6, 6.07) is 22.9. The fraction of sp³-hybridized carbons (Fsp3) is 0.300. The first-order valence-corrected chi connectivity index (χ1v) is 12.8. The van der Waals surface area contributed by atoms with Crippen LogP contribution in [0.4, 0.5) is 13.2 Å². The summed E-state index contributed by atoms with van der Waals surface area (Å²) in [4.78, 5) is 8.08. The number of nitrogens with zero attached hydrogens (tertiary/aromatic N) is 1. The largest absolute Gasteiger partial charge is 0.457 e. The van der Waals surface area contributed by atoms with E-state index in [0.717, 1.165) is 72.9 Å². The molecule has 5 nitrogen and oxygen atoms in total. The molecule has 38 heavy (non-hydrogen) atoms. The molecule has 1 fully saturated rings. The number of alkyl halides is 3. The quantitative estimate of drug-likeness (QED) is 0.243. The lowest BCUT2D eigenvalue weighted by Gasteiger charge is -2.38. The Morgan fingerprint density at radius 3 is 2.21 bits per heavy atom. The zero-order valence-electron chi connectivity index (χ0n) is 21.2. The summed E-state index contributed by atoms with van der Waals surface area (Å²) in [7, 11) is 0. The van der Waals surface area contributed by atoms with Crippen molar-refractivity contribution in [1.82, 2.24) is 20.6 Å². The molecule has 1 aliphatic heterocycles. The number of aromatic nitrogens is 2. The predicted octanol–water partition coefficient (Wildman–Crippen LogP) is 6.65. The number of benzene rings is 3. The molecule has 0 amide bonds. The Bertz CT molecular complexity index is 1330. The summed E-state index contributed by atoms with van der Waals surface area (Å²) in [6.07, 6.45) is -1.73. The van der Waals surface area contributed by atoms with E-state index in [4.69, 9.17) is 9.72 Å². The van der Waals surface area contributed by atoms with E-state index in [1.54, 1.807) is 0 Å². The highest BCUT2D eigenvalue weighted by atomic mass is 19.4. The van der Waals surface area contributed by atoms with Gasteiger partial charge in [-0.15, -0.1) is 0 Å². The van der Waals surface area contributed by atoms with Gasteiger partial charge in [0.1, 0.15) is 17.3 Å². The molecule has 5 rings (SSSR count). The third kappa shape index (κ3) is 6.26. The molecule has 198 valence electrons. The second-order valence-electron chi connectivity index (χ2n) is 9.85. The average Bonchev–Trinajstić information content (AvgIpc) is 3.28. The van der Waals surface area contributed by atoms with Crippen LogP contribution in [0.15, 0.2) is 78.9 Å². The molecule has 0 atom stereocenters. The molecular weight excluding hydrogens is 489 g/mol. The third-order valence-electron chi connectivity index (χ3n) is 7.11. The molecule has 1 aliphatic rings. The molecule has 3 aromatic carbocycles. The summed E-state index contributed by atoms with van der Waals surface area (Å²) in [6.45, 7) is 4.50. The van der Waals surface area contributed by atoms with Gasteiger partial charge in [0.05, 0.1) is 11.3 Å². The van der Waals surface area contributed by atoms with Crippen LogP contribution in [0.1, 0.15) is 35.4 Å². The van der Waals surface area contributed by atoms with Crippen molar-refractivity contribution in [2.75, 3.05) is 13.1 Å². The number of nitrogens with one attached hydrogen (secondary N) is 3. The van der Waals surface area contributed by atoms with Crippen LogP contribution >= 0.6 is 0 Å². The lowest BCUT2D eigenvalue weighted by Crippen LogP contribution is -2.53. The van der Waals surface area contributed by atoms with Gasteiger partial charge in [-0.3, -0.25) is 0 Å². The first-order chi connectivity index (χ1) is 18.3. The fourth-order valence-electron chi connectivity index (χ4n) is 4.85. The normalized spacial score (nSPS) is 15.4. The van der Waals surface area contributed by atoms with Gasteiger partial charge in [0.25, 0.3) is 0 Å². The van der Waals surface area contributed by atoms with Crippen molar-refractivity contribution >= 4 is 0 Å². The van der Waals surface area contributed by atoms with Crippen molar-refractivity contribution in [1.29, 1.82) is 0 Å². The van der Waals surface area contributed by atoms with E-state index in [1.165, 1.54) is 12.1 Å². The lowest BCUT2D eigenvalue weighted by atomic mass is 9.83. The number of ether oxygens (including phenoxy) is 1. The van der Waals surface area contributed by atoms with Gasteiger partial charge < -0.3 is 20.4 Å². The first-order valence-electron chi connectivity index (χ1n) is 12.8. The highest BCUT2D eigenvalue weighted by Gasteiger charge is 2.33. The average molecular weight is 521 g/mol. The minimum Gasteiger partial charge on any atom is -0.457 e. The van der Waals surface area contributed by atoms with Gasteiger partial charge in [-0.1, -0.05) is 42.5 Å². The van der Waals surface area contributed by atoms with E-state index < -0.39 is 11.7 Å². The fourth-order valence-corrected chi connectivity index (χ4v) is 4.85. The van der Waals surface area contributed by atoms with Crippen LogP contribution in [0.3, 0.4) is 0 Å². The number of aromatic amines is 1. The SMILES string of the molecule is Cc1[nH]c(-c2ccc(C(F)(F)F)cc2)nc1CC1(NCc2ccc(Oc3ccccc3)cc2)CCNCC1. The Hall–Kier alpha value is -3.62. The standard InChI is InChI=1S/C30H31F3N4O/c1-21-27(37-28(36-21)23-9-11-24(12-10-23)30(31,32)33)19-29(15-17-34-18-16-29)35-20-22-7-13-26(14-8-22)38-25-5-3-2-4-6-25/h2-14,34-35H,15-20H2,1H3,(H,36,37).